The van der Waals surface area contributed by atoms with Gasteiger partial charge in [0.1, 0.15) is 0 Å². The molecule has 1 N–H and O–H groups in total. The molecule has 1 aromatic rings. The second kappa shape index (κ2) is 7.68. The molecular formula is C17H25Cl2N. The third-order valence-corrected chi connectivity index (χ3v) is 5.31. The number of rotatable bonds is 5. The van der Waals surface area contributed by atoms with Crippen LogP contribution in [0.4, 0.5) is 0 Å². The predicted molar refractivity (Wildman–Crippen MR) is 88.7 cm³/mol. The summed E-state index contributed by atoms with van der Waals surface area (Å²) in [6, 6.07) is 6.91. The molecule has 0 bridgehead atoms. The normalized spacial score (nSPS) is 19.8. The average Bonchev–Trinajstić information content (AvgIpc) is 2.48. The molecule has 1 nitrogen and oxygen atoms in total. The van der Waals surface area contributed by atoms with E-state index in [0.717, 1.165) is 12.3 Å². The van der Waals surface area contributed by atoms with Gasteiger partial charge in [-0.15, -0.1) is 0 Å². The molecule has 2 rings (SSSR count). The maximum absolute atomic E-state index is 6.14. The summed E-state index contributed by atoms with van der Waals surface area (Å²) >= 11 is 12.1. The summed E-state index contributed by atoms with van der Waals surface area (Å²) in [6.07, 6.45) is 7.99. The molecule has 112 valence electrons. The zero-order valence-electron chi connectivity index (χ0n) is 12.5. The molecule has 1 aliphatic rings. The Morgan fingerprint density at radius 2 is 1.85 bits per heavy atom. The Kier molecular flexibility index (Phi) is 6.20. The van der Waals surface area contributed by atoms with Crippen molar-refractivity contribution in [3.63, 3.8) is 0 Å². The van der Waals surface area contributed by atoms with Gasteiger partial charge in [-0.05, 0) is 49.8 Å². The van der Waals surface area contributed by atoms with Gasteiger partial charge >= 0.3 is 0 Å². The number of halogens is 2. The van der Waals surface area contributed by atoms with Crippen molar-refractivity contribution >= 4 is 23.2 Å². The van der Waals surface area contributed by atoms with Gasteiger partial charge in [-0.1, -0.05) is 55.5 Å². The fourth-order valence-electron chi connectivity index (χ4n) is 3.27. The highest BCUT2D eigenvalue weighted by Gasteiger charge is 2.22. The molecule has 1 saturated carbocycles. The highest BCUT2D eigenvalue weighted by molar-refractivity contribution is 6.42. The van der Waals surface area contributed by atoms with Crippen molar-refractivity contribution in [3.05, 3.63) is 33.8 Å². The Balaban J connectivity index is 2.02. The summed E-state index contributed by atoms with van der Waals surface area (Å²) in [5, 5.41) is 5.08. The van der Waals surface area contributed by atoms with Crippen LogP contribution < -0.4 is 5.32 Å². The van der Waals surface area contributed by atoms with Crippen LogP contribution in [0.15, 0.2) is 18.2 Å². The van der Waals surface area contributed by atoms with E-state index < -0.39 is 0 Å². The minimum absolute atomic E-state index is 0.363. The van der Waals surface area contributed by atoms with Crippen LogP contribution in [0.5, 0.6) is 0 Å². The summed E-state index contributed by atoms with van der Waals surface area (Å²) in [5.41, 5.74) is 1.24. The van der Waals surface area contributed by atoms with E-state index in [0.29, 0.717) is 22.1 Å². The highest BCUT2D eigenvalue weighted by Crippen LogP contribution is 2.30. The molecule has 1 fully saturated rings. The van der Waals surface area contributed by atoms with Gasteiger partial charge in [0.05, 0.1) is 10.0 Å². The number of nitrogens with one attached hydrogen (secondary N) is 1. The van der Waals surface area contributed by atoms with E-state index >= 15 is 0 Å². The first-order chi connectivity index (χ1) is 9.61. The zero-order chi connectivity index (χ0) is 14.5. The fourth-order valence-corrected chi connectivity index (χ4v) is 3.57. The zero-order valence-corrected chi connectivity index (χ0v) is 14.0. The quantitative estimate of drug-likeness (QED) is 0.702. The first kappa shape index (κ1) is 16.1. The largest absolute Gasteiger partial charge is 0.307 e. The average molecular weight is 314 g/mol. The lowest BCUT2D eigenvalue weighted by Gasteiger charge is -2.31. The number of benzene rings is 1. The van der Waals surface area contributed by atoms with E-state index in [1.165, 1.54) is 37.7 Å². The summed E-state index contributed by atoms with van der Waals surface area (Å²) < 4.78 is 0. The van der Waals surface area contributed by atoms with Gasteiger partial charge in [-0.25, -0.2) is 0 Å². The van der Waals surface area contributed by atoms with Crippen molar-refractivity contribution in [1.82, 2.24) is 5.32 Å². The molecule has 1 unspecified atom stereocenters. The van der Waals surface area contributed by atoms with Gasteiger partial charge < -0.3 is 5.32 Å². The van der Waals surface area contributed by atoms with E-state index in [1.54, 1.807) is 0 Å². The van der Waals surface area contributed by atoms with E-state index in [9.17, 15) is 0 Å². The maximum atomic E-state index is 6.14. The Bertz CT molecular complexity index is 427. The molecule has 0 spiro atoms. The lowest BCUT2D eigenvalue weighted by molar-refractivity contribution is 0.262. The molecule has 0 heterocycles. The Hall–Kier alpha value is -0.240. The van der Waals surface area contributed by atoms with Crippen LogP contribution in [-0.4, -0.2) is 6.04 Å². The molecule has 0 aromatic heterocycles. The summed E-state index contributed by atoms with van der Waals surface area (Å²) in [7, 11) is 0. The van der Waals surface area contributed by atoms with E-state index in [4.69, 9.17) is 23.2 Å². The van der Waals surface area contributed by atoms with Crippen LogP contribution in [0.3, 0.4) is 0 Å². The van der Waals surface area contributed by atoms with Crippen molar-refractivity contribution < 1.29 is 0 Å². The number of hydrogen-bond acceptors (Lipinski definition) is 1. The topological polar surface area (TPSA) is 12.0 Å². The standard InChI is InChI=1S/C17H25Cl2N/c1-3-17(14-9-10-15(18)16(19)11-14)20-12(2)13-7-5-4-6-8-13/h9-13,17,20H,3-8H2,1-2H3/t12-,17?/m1/s1. The van der Waals surface area contributed by atoms with Crippen LogP contribution in [-0.2, 0) is 0 Å². The summed E-state index contributed by atoms with van der Waals surface area (Å²) in [6.45, 7) is 4.55. The Morgan fingerprint density at radius 1 is 1.15 bits per heavy atom. The van der Waals surface area contributed by atoms with Gasteiger partial charge in [0.15, 0.2) is 0 Å². The van der Waals surface area contributed by atoms with Crippen LogP contribution in [0.2, 0.25) is 10.0 Å². The van der Waals surface area contributed by atoms with Gasteiger partial charge in [-0.2, -0.15) is 0 Å². The van der Waals surface area contributed by atoms with Crippen LogP contribution in [0.25, 0.3) is 0 Å². The summed E-state index contributed by atoms with van der Waals surface area (Å²) in [5.74, 6) is 0.820. The SMILES string of the molecule is CCC(N[C@H](C)C1CCCCC1)c1ccc(Cl)c(Cl)c1. The molecule has 1 aliphatic carbocycles. The first-order valence-corrected chi connectivity index (χ1v) is 8.58. The number of hydrogen-bond donors (Lipinski definition) is 1. The minimum atomic E-state index is 0.363. The van der Waals surface area contributed by atoms with Gasteiger partial charge in [0.25, 0.3) is 0 Å². The second-order valence-electron chi connectivity index (χ2n) is 5.99. The van der Waals surface area contributed by atoms with Crippen molar-refractivity contribution in [3.8, 4) is 0 Å². The van der Waals surface area contributed by atoms with Crippen molar-refractivity contribution in [2.24, 2.45) is 5.92 Å². The van der Waals surface area contributed by atoms with Crippen molar-refractivity contribution in [2.75, 3.05) is 0 Å². The maximum Gasteiger partial charge on any atom is 0.0595 e. The van der Waals surface area contributed by atoms with E-state index in [2.05, 4.69) is 25.2 Å². The van der Waals surface area contributed by atoms with Gasteiger partial charge in [0, 0.05) is 12.1 Å². The monoisotopic (exact) mass is 313 g/mol. The Labute approximate surface area is 133 Å². The van der Waals surface area contributed by atoms with Crippen molar-refractivity contribution in [1.29, 1.82) is 0 Å². The molecule has 3 heteroatoms. The fraction of sp³-hybridized carbons (Fsp3) is 0.647. The third-order valence-electron chi connectivity index (χ3n) is 4.58. The molecule has 0 radical (unpaired) electrons. The first-order valence-electron chi connectivity index (χ1n) is 7.82. The minimum Gasteiger partial charge on any atom is -0.307 e. The van der Waals surface area contributed by atoms with Gasteiger partial charge in [-0.3, -0.25) is 0 Å². The molecule has 0 amide bonds. The molecule has 0 saturated heterocycles. The molecule has 0 aliphatic heterocycles. The second-order valence-corrected chi connectivity index (χ2v) is 6.80. The lowest BCUT2D eigenvalue weighted by Crippen LogP contribution is -2.37. The van der Waals surface area contributed by atoms with Crippen LogP contribution in [0, 0.1) is 5.92 Å². The lowest BCUT2D eigenvalue weighted by atomic mass is 9.84. The van der Waals surface area contributed by atoms with Crippen LogP contribution >= 0.6 is 23.2 Å². The van der Waals surface area contributed by atoms with Crippen LogP contribution in [0.1, 0.15) is 64.0 Å². The predicted octanol–water partition coefficient (Wildman–Crippen LogP) is 6.00. The smallest absolute Gasteiger partial charge is 0.0595 e. The van der Waals surface area contributed by atoms with Gasteiger partial charge in [0.2, 0.25) is 0 Å². The molecule has 20 heavy (non-hydrogen) atoms. The van der Waals surface area contributed by atoms with E-state index in [-0.39, 0.29) is 0 Å². The summed E-state index contributed by atoms with van der Waals surface area (Å²) in [4.78, 5) is 0. The molecule has 2 atom stereocenters. The molecule has 1 aromatic carbocycles. The Morgan fingerprint density at radius 3 is 2.45 bits per heavy atom. The third kappa shape index (κ3) is 4.13. The highest BCUT2D eigenvalue weighted by atomic mass is 35.5. The van der Waals surface area contributed by atoms with E-state index in [1.807, 2.05) is 12.1 Å². The molecular weight excluding hydrogens is 289 g/mol. The van der Waals surface area contributed by atoms with Crippen molar-refractivity contribution in [2.45, 2.75) is 64.5 Å².